The summed E-state index contributed by atoms with van der Waals surface area (Å²) in [6, 6.07) is 151. The van der Waals surface area contributed by atoms with Crippen molar-refractivity contribution in [2.24, 2.45) is 0 Å². The molecule has 0 N–H and O–H groups in total. The van der Waals surface area contributed by atoms with E-state index in [1.54, 1.807) is 0 Å². The van der Waals surface area contributed by atoms with Crippen LogP contribution in [0.5, 0.6) is 34.5 Å². The van der Waals surface area contributed by atoms with Gasteiger partial charge in [-0.2, -0.15) is 22.7 Å². The van der Waals surface area contributed by atoms with Crippen LogP contribution in [-0.4, -0.2) is 58.7 Å². The van der Waals surface area contributed by atoms with Crippen LogP contribution in [-0.2, 0) is 65.7 Å². The molecule has 0 spiro atoms. The third-order valence-electron chi connectivity index (χ3n) is 24.4. The summed E-state index contributed by atoms with van der Waals surface area (Å²) in [7, 11) is -4.38. The molecule has 9 aromatic heterocycles. The maximum Gasteiger partial charge on any atom is 0.124 e. The third kappa shape index (κ3) is 26.4. The number of pyridine rings is 6. The Morgan fingerprint density at radius 2 is 0.623 bits per heavy atom. The van der Waals surface area contributed by atoms with Crippen molar-refractivity contribution in [1.29, 1.82) is 0 Å². The van der Waals surface area contributed by atoms with Gasteiger partial charge in [-0.1, -0.05) is 314 Å². The fourth-order valence-electron chi connectivity index (χ4n) is 17.3. The number of benzene rings is 14. The molecular formula is C128H109Ir3N7O3S2Si3-6. The fourth-order valence-corrected chi connectivity index (χ4v) is 24.5. The molecule has 0 saturated heterocycles. The third-order valence-corrected chi connectivity index (χ3v) is 32.8. The first-order valence-corrected chi connectivity index (χ1v) is 60.2. The molecule has 0 aliphatic rings. The van der Waals surface area contributed by atoms with E-state index in [1.165, 1.54) is 100.0 Å². The SMILES string of the molecule is CC(C)(C)c1cc(-c2[c-]ccc(Oc3ccccc3)c2)ncc1[Si](C)(C)C.C[Si](C)(C)c1cnc(-c2[c-]ccc(Oc3ccccc3)c2)cc1-c1ccccc1.Cc1cc(-c2[c-]ccc(Oc3ccccc3)c2)ncc1[Si](C)(C)C.[Ir].[Ir].[Ir].[c-]1cc2c(cc1-c1ccccn1)sc1ccccc12.[c-]1cc2c(cc1-c1ccccn1)sc1ccccc12.[c-]1cc2c3ccccc3n(-c3ccccc3)c2cc1-c1ccccn1. The van der Waals surface area contributed by atoms with Gasteiger partial charge in [0.1, 0.15) is 17.2 Å². The van der Waals surface area contributed by atoms with Gasteiger partial charge in [-0.05, 0) is 195 Å². The first kappa shape index (κ1) is 106. The second-order valence-electron chi connectivity index (χ2n) is 39.0. The number of hydrogen-bond acceptors (Lipinski definition) is 11. The van der Waals surface area contributed by atoms with E-state index in [0.717, 1.165) is 108 Å². The Balaban J connectivity index is 0.000000132. The average Bonchev–Trinajstić information content (AvgIpc) is 1.59. The Morgan fingerprint density at radius 3 is 1.03 bits per heavy atom. The summed E-state index contributed by atoms with van der Waals surface area (Å²) in [6.45, 7) is 30.2. The summed E-state index contributed by atoms with van der Waals surface area (Å²) in [5.74, 6) is 4.84. The Labute approximate surface area is 909 Å². The molecule has 9 heterocycles. The molecule has 0 atom stereocenters. The van der Waals surface area contributed by atoms with Gasteiger partial charge in [0.15, 0.2) is 0 Å². The van der Waals surface area contributed by atoms with Crippen molar-refractivity contribution < 1.29 is 74.5 Å². The quantitative estimate of drug-likeness (QED) is 0.0650. The number of rotatable bonds is 17. The zero-order valence-corrected chi connectivity index (χ0v) is 95.4. The van der Waals surface area contributed by atoms with Crippen molar-refractivity contribution in [3.63, 3.8) is 0 Å². The molecule has 0 bridgehead atoms. The number of fused-ring (bicyclic) bond motifs is 9. The Bertz CT molecular complexity index is 8150. The first-order chi connectivity index (χ1) is 69.3. The van der Waals surface area contributed by atoms with Crippen LogP contribution in [0.2, 0.25) is 58.9 Å². The van der Waals surface area contributed by atoms with Crippen LogP contribution in [0.4, 0.5) is 0 Å². The van der Waals surface area contributed by atoms with Crippen molar-refractivity contribution in [3.8, 4) is 119 Å². The Kier molecular flexibility index (Phi) is 35.4. The zero-order chi connectivity index (χ0) is 99.0. The molecule has 14 aromatic carbocycles. The molecule has 0 aliphatic carbocycles. The minimum Gasteiger partial charge on any atom is -0.477 e. The number of para-hydroxylation sites is 5. The number of aryl methyl sites for hydroxylation is 1. The smallest absolute Gasteiger partial charge is 0.124 e. The Hall–Kier alpha value is -13.8. The molecule has 0 unspecified atom stereocenters. The molecule has 0 saturated carbocycles. The summed E-state index contributed by atoms with van der Waals surface area (Å²) in [6.07, 6.45) is 11.6. The van der Waals surface area contributed by atoms with Gasteiger partial charge in [0.05, 0.1) is 24.2 Å². The van der Waals surface area contributed by atoms with Crippen LogP contribution in [0.3, 0.4) is 0 Å². The second kappa shape index (κ2) is 48.5. The minimum absolute atomic E-state index is 0. The summed E-state index contributed by atoms with van der Waals surface area (Å²) < 4.78 is 25.4. The Morgan fingerprint density at radius 1 is 0.274 bits per heavy atom. The minimum atomic E-state index is -1.54. The second-order valence-corrected chi connectivity index (χ2v) is 56.2. The summed E-state index contributed by atoms with van der Waals surface area (Å²) in [5.41, 5.74) is 20.4. The van der Waals surface area contributed by atoms with Crippen LogP contribution >= 0.6 is 22.7 Å². The predicted molar refractivity (Wildman–Crippen MR) is 609 cm³/mol. The number of thiophene rings is 2. The van der Waals surface area contributed by atoms with Gasteiger partial charge in [0, 0.05) is 135 Å². The van der Waals surface area contributed by atoms with E-state index in [2.05, 4.69) is 342 Å². The molecule has 3 radical (unpaired) electrons. The molecule has 18 heteroatoms. The summed E-state index contributed by atoms with van der Waals surface area (Å²) >= 11 is 3.65. The first-order valence-electron chi connectivity index (χ1n) is 48.0. The fraction of sp³-hybridized carbons (Fsp3) is 0.109. The van der Waals surface area contributed by atoms with E-state index >= 15 is 0 Å². The van der Waals surface area contributed by atoms with Crippen LogP contribution < -0.4 is 29.8 Å². The standard InChI is InChI=1S/C26H24NOSi.C24H28NOSi.C23H15N2.C21H22NOSi.2C17H10NS.3Ir/c1-29(2,3)26-19-27-25(18-24(26)20-11-6-4-7-12-20)21-13-10-16-23(17-21)28-22-14-8-5-9-15-22;1-24(2,3)21-16-22(25-17-23(21)27(4,5)6)18-11-10-14-20(15-18)26-19-12-8-7-9-13-19;1-2-8-18(9-3-1)25-22-12-5-4-10-19(22)20-14-13-17(16-23(20)25)21-11-6-7-15-24-21;1-16-13-20(22-15-21(16)24(2,3)4)17-9-8-12-19(14-17)23-18-10-6-5-7-11-18;2*1-2-7-16-13(5-1)14-9-8-12(11-17(14)19-16)15-6-3-4-10-18-15;;;/h4-12,14-19H,1-3H3;7-10,12-17H,1-6H3;1-12,14-16H;5-8,10-15H,1-4H3;2*1-7,9-11H;;;/q6*-1;;;. The molecule has 0 aliphatic heterocycles. The maximum absolute atomic E-state index is 5.99. The van der Waals surface area contributed by atoms with Gasteiger partial charge < -0.3 is 48.7 Å². The van der Waals surface area contributed by atoms with Gasteiger partial charge in [-0.15, -0.1) is 161 Å². The molecular weight excluding hydrogens is 2410 g/mol. The molecule has 0 amide bonds. The van der Waals surface area contributed by atoms with E-state index in [9.17, 15) is 0 Å². The molecule has 731 valence electrons. The number of nitrogens with zero attached hydrogens (tertiary/aromatic N) is 7. The summed E-state index contributed by atoms with van der Waals surface area (Å²) in [4.78, 5) is 27.5. The van der Waals surface area contributed by atoms with Crippen molar-refractivity contribution in [2.45, 2.75) is 92.0 Å². The van der Waals surface area contributed by atoms with Gasteiger partial charge in [0.2, 0.25) is 0 Å². The zero-order valence-electron chi connectivity index (χ0n) is 83.6. The monoisotopic (exact) mass is 2520 g/mol. The average molecular weight is 2520 g/mol. The van der Waals surface area contributed by atoms with E-state index in [-0.39, 0.29) is 65.7 Å². The van der Waals surface area contributed by atoms with E-state index < -0.39 is 24.2 Å². The van der Waals surface area contributed by atoms with Gasteiger partial charge in [-0.25, -0.2) is 0 Å². The summed E-state index contributed by atoms with van der Waals surface area (Å²) in [5, 5.41) is 11.8. The molecule has 146 heavy (non-hydrogen) atoms. The van der Waals surface area contributed by atoms with Crippen LogP contribution in [0.25, 0.3) is 147 Å². The van der Waals surface area contributed by atoms with Gasteiger partial charge in [-0.3, -0.25) is 0 Å². The van der Waals surface area contributed by atoms with Gasteiger partial charge >= 0.3 is 0 Å². The number of hydrogen-bond donors (Lipinski definition) is 0. The predicted octanol–water partition coefficient (Wildman–Crippen LogP) is 33.4. The molecule has 23 aromatic rings. The van der Waals surface area contributed by atoms with Crippen LogP contribution in [0, 0.1) is 43.3 Å². The molecule has 10 nitrogen and oxygen atoms in total. The van der Waals surface area contributed by atoms with Crippen molar-refractivity contribution >= 4 is 125 Å². The van der Waals surface area contributed by atoms with Gasteiger partial charge in [0.25, 0.3) is 0 Å². The molecule has 0 fully saturated rings. The van der Waals surface area contributed by atoms with E-state index in [4.69, 9.17) is 24.2 Å². The van der Waals surface area contributed by atoms with Crippen molar-refractivity contribution in [1.82, 2.24) is 34.5 Å². The largest absolute Gasteiger partial charge is 0.477 e. The van der Waals surface area contributed by atoms with Crippen molar-refractivity contribution in [2.75, 3.05) is 0 Å². The molecule has 23 rings (SSSR count). The van der Waals surface area contributed by atoms with Crippen LogP contribution in [0.15, 0.2) is 425 Å². The van der Waals surface area contributed by atoms with Crippen molar-refractivity contribution in [3.05, 3.63) is 473 Å². The van der Waals surface area contributed by atoms with Crippen LogP contribution in [0.1, 0.15) is 31.9 Å². The normalized spacial score (nSPS) is 11.2. The topological polar surface area (TPSA) is 110 Å². The van der Waals surface area contributed by atoms with E-state index in [1.807, 2.05) is 254 Å². The van der Waals surface area contributed by atoms with E-state index in [0.29, 0.717) is 0 Å². The number of ether oxygens (including phenoxy) is 3. The number of aromatic nitrogens is 7. The maximum atomic E-state index is 5.99.